The second kappa shape index (κ2) is 8.49. The normalized spacial score (nSPS) is 10.5. The van der Waals surface area contributed by atoms with Crippen molar-refractivity contribution in [2.75, 3.05) is 11.9 Å². The van der Waals surface area contributed by atoms with Crippen LogP contribution in [0.3, 0.4) is 0 Å². The number of hydrogen-bond acceptors (Lipinski definition) is 4. The molecule has 0 aliphatic rings. The second-order valence-corrected chi connectivity index (χ2v) is 8.01. The molecule has 0 bridgehead atoms. The van der Waals surface area contributed by atoms with Crippen molar-refractivity contribution in [3.63, 3.8) is 0 Å². The third-order valence-corrected chi connectivity index (χ3v) is 6.13. The molecule has 26 heavy (non-hydrogen) atoms. The summed E-state index contributed by atoms with van der Waals surface area (Å²) in [6, 6.07) is 11.4. The zero-order valence-corrected chi connectivity index (χ0v) is 16.4. The lowest BCUT2D eigenvalue weighted by Gasteiger charge is -2.09. The van der Waals surface area contributed by atoms with Crippen LogP contribution in [0.4, 0.5) is 5.69 Å². The van der Waals surface area contributed by atoms with Gasteiger partial charge in [-0.1, -0.05) is 17.7 Å². The Bertz CT molecular complexity index is 920. The third-order valence-electron chi connectivity index (χ3n) is 3.85. The smallest absolute Gasteiger partial charge is 0.313 e. The maximum Gasteiger partial charge on any atom is 0.313 e. The second-order valence-electron chi connectivity index (χ2n) is 5.65. The molecule has 2 heterocycles. The fraction of sp³-hybridized carbons (Fsp3) is 0.158. The Balaban J connectivity index is 1.49. The molecule has 2 amide bonds. The van der Waals surface area contributed by atoms with Crippen LogP contribution in [0.25, 0.3) is 10.4 Å². The first kappa shape index (κ1) is 18.6. The van der Waals surface area contributed by atoms with E-state index >= 15 is 0 Å². The number of amides is 2. The highest BCUT2D eigenvalue weighted by Gasteiger charge is 2.15. The Morgan fingerprint density at radius 2 is 1.96 bits per heavy atom. The van der Waals surface area contributed by atoms with Crippen LogP contribution in [0.1, 0.15) is 10.4 Å². The van der Waals surface area contributed by atoms with E-state index in [1.807, 2.05) is 0 Å². The molecule has 0 saturated heterocycles. The highest BCUT2D eigenvalue weighted by molar-refractivity contribution is 7.16. The average Bonchev–Trinajstić information content (AvgIpc) is 3.30. The number of halogens is 1. The fourth-order valence-corrected chi connectivity index (χ4v) is 4.28. The average molecular weight is 405 g/mol. The summed E-state index contributed by atoms with van der Waals surface area (Å²) in [4.78, 5) is 26.4. The summed E-state index contributed by atoms with van der Waals surface area (Å²) in [5, 5.41) is 9.95. The Kier molecular flexibility index (Phi) is 6.08. The summed E-state index contributed by atoms with van der Waals surface area (Å²) in [5.74, 6) is -1.35. The molecule has 4 nitrogen and oxygen atoms in total. The van der Waals surface area contributed by atoms with Crippen molar-refractivity contribution in [2.45, 2.75) is 13.3 Å². The van der Waals surface area contributed by atoms with Crippen molar-refractivity contribution in [1.29, 1.82) is 0 Å². The molecule has 0 saturated carbocycles. The van der Waals surface area contributed by atoms with Gasteiger partial charge in [-0.25, -0.2) is 0 Å². The summed E-state index contributed by atoms with van der Waals surface area (Å²) in [5.41, 5.74) is 2.48. The number of thiophene rings is 2. The minimum Gasteiger partial charge on any atom is -0.347 e. The van der Waals surface area contributed by atoms with Crippen LogP contribution >= 0.6 is 34.3 Å². The lowest BCUT2D eigenvalue weighted by atomic mass is 10.2. The zero-order valence-electron chi connectivity index (χ0n) is 14.0. The number of carbonyl (C=O) groups excluding carboxylic acids is 2. The van der Waals surface area contributed by atoms with Crippen molar-refractivity contribution in [3.8, 4) is 10.4 Å². The van der Waals surface area contributed by atoms with Crippen LogP contribution in [0.15, 0.2) is 47.2 Å². The molecule has 0 aliphatic heterocycles. The monoisotopic (exact) mass is 404 g/mol. The van der Waals surface area contributed by atoms with E-state index in [0.717, 1.165) is 10.4 Å². The molecule has 0 fully saturated rings. The number of anilines is 1. The molecule has 134 valence electrons. The van der Waals surface area contributed by atoms with Gasteiger partial charge >= 0.3 is 11.8 Å². The van der Waals surface area contributed by atoms with Gasteiger partial charge in [0.2, 0.25) is 0 Å². The number of nitrogens with one attached hydrogen (secondary N) is 2. The van der Waals surface area contributed by atoms with E-state index in [-0.39, 0.29) is 0 Å². The third kappa shape index (κ3) is 4.52. The summed E-state index contributed by atoms with van der Waals surface area (Å²) < 4.78 is 0. The highest BCUT2D eigenvalue weighted by atomic mass is 35.5. The van der Waals surface area contributed by atoms with Crippen molar-refractivity contribution in [1.82, 2.24) is 5.32 Å². The molecule has 0 radical (unpaired) electrons. The summed E-state index contributed by atoms with van der Waals surface area (Å²) in [6.07, 6.45) is 0.685. The Hall–Kier alpha value is -2.15. The zero-order chi connectivity index (χ0) is 18.5. The fourth-order valence-electron chi connectivity index (χ4n) is 2.37. The molecule has 7 heteroatoms. The van der Waals surface area contributed by atoms with Crippen LogP contribution in [0.5, 0.6) is 0 Å². The first-order chi connectivity index (χ1) is 12.5. The topological polar surface area (TPSA) is 58.2 Å². The molecule has 0 atom stereocenters. The lowest BCUT2D eigenvalue weighted by Crippen LogP contribution is -2.36. The highest BCUT2D eigenvalue weighted by Crippen LogP contribution is 2.29. The minimum absolute atomic E-state index is 0.407. The Labute approximate surface area is 164 Å². The van der Waals surface area contributed by atoms with Gasteiger partial charge in [-0.2, -0.15) is 11.3 Å². The maximum absolute atomic E-state index is 12.0. The lowest BCUT2D eigenvalue weighted by molar-refractivity contribution is -0.136. The van der Waals surface area contributed by atoms with E-state index in [9.17, 15) is 9.59 Å². The number of benzene rings is 1. The molecule has 3 rings (SSSR count). The summed E-state index contributed by atoms with van der Waals surface area (Å²) >= 11 is 9.38. The summed E-state index contributed by atoms with van der Waals surface area (Å²) in [6.45, 7) is 2.20. The van der Waals surface area contributed by atoms with Gasteiger partial charge < -0.3 is 10.6 Å². The molecular weight excluding hydrogens is 388 g/mol. The SMILES string of the molecule is Cc1c(Cl)cccc1NC(=O)C(=O)NCCc1ccc(-c2ccsc2)s1. The van der Waals surface area contributed by atoms with Gasteiger partial charge in [0.05, 0.1) is 0 Å². The Morgan fingerprint density at radius 1 is 1.12 bits per heavy atom. The van der Waals surface area contributed by atoms with Crippen molar-refractivity contribution >= 4 is 51.8 Å². The van der Waals surface area contributed by atoms with Crippen molar-refractivity contribution in [2.24, 2.45) is 0 Å². The molecule has 3 aromatic rings. The van der Waals surface area contributed by atoms with E-state index in [1.54, 1.807) is 47.8 Å². The maximum atomic E-state index is 12.0. The molecule has 2 N–H and O–H groups in total. The standard InChI is InChI=1S/C19H17ClN2O2S2/c1-12-15(20)3-2-4-16(12)22-19(24)18(23)21-9-7-14-5-6-17(26-14)13-8-10-25-11-13/h2-6,8,10-11H,7,9H2,1H3,(H,21,23)(H,22,24). The van der Waals surface area contributed by atoms with Gasteiger partial charge in [0.15, 0.2) is 0 Å². The van der Waals surface area contributed by atoms with E-state index < -0.39 is 11.8 Å². The first-order valence-corrected chi connectivity index (χ1v) is 10.1. The van der Waals surface area contributed by atoms with Crippen molar-refractivity contribution in [3.05, 3.63) is 62.6 Å². The molecule has 0 unspecified atom stereocenters. The number of carbonyl (C=O) groups is 2. The molecule has 0 spiro atoms. The Morgan fingerprint density at radius 3 is 2.73 bits per heavy atom. The molecule has 1 aromatic carbocycles. The molecular formula is C19H17ClN2O2S2. The molecule has 0 aliphatic carbocycles. The van der Waals surface area contributed by atoms with Crippen molar-refractivity contribution < 1.29 is 9.59 Å². The van der Waals surface area contributed by atoms with E-state index in [4.69, 9.17) is 11.6 Å². The largest absolute Gasteiger partial charge is 0.347 e. The van der Waals surface area contributed by atoms with Gasteiger partial charge in [0.25, 0.3) is 0 Å². The van der Waals surface area contributed by atoms with Crippen LogP contribution in [0.2, 0.25) is 5.02 Å². The number of rotatable bonds is 5. The molecule has 2 aromatic heterocycles. The quantitative estimate of drug-likeness (QED) is 0.603. The van der Waals surface area contributed by atoms with E-state index in [0.29, 0.717) is 23.7 Å². The van der Waals surface area contributed by atoms with Gasteiger partial charge in [0.1, 0.15) is 0 Å². The van der Waals surface area contributed by atoms with Gasteiger partial charge in [-0.15, -0.1) is 11.3 Å². The van der Waals surface area contributed by atoms with Gasteiger partial charge in [-0.3, -0.25) is 9.59 Å². The summed E-state index contributed by atoms with van der Waals surface area (Å²) in [7, 11) is 0. The van der Waals surface area contributed by atoms with Gasteiger partial charge in [-0.05, 0) is 60.0 Å². The predicted octanol–water partition coefficient (Wildman–Crippen LogP) is 4.74. The minimum atomic E-state index is -0.694. The van der Waals surface area contributed by atoms with Crippen LogP contribution in [-0.4, -0.2) is 18.4 Å². The number of hydrogen-bond donors (Lipinski definition) is 2. The van der Waals surface area contributed by atoms with Crippen LogP contribution in [0, 0.1) is 6.92 Å². The van der Waals surface area contributed by atoms with E-state index in [2.05, 4.69) is 39.6 Å². The predicted molar refractivity (Wildman–Crippen MR) is 109 cm³/mol. The first-order valence-electron chi connectivity index (χ1n) is 8.00. The van der Waals surface area contributed by atoms with E-state index in [1.165, 1.54) is 10.4 Å². The van der Waals surface area contributed by atoms with Crippen LogP contribution < -0.4 is 10.6 Å². The van der Waals surface area contributed by atoms with Gasteiger partial charge in [0, 0.05) is 32.6 Å². The van der Waals surface area contributed by atoms with Crippen LogP contribution in [-0.2, 0) is 16.0 Å².